The molecule has 0 aliphatic carbocycles. The molecule has 1 rings (SSSR count). The number of carboxylic acid groups (broad SMARTS) is 1. The van der Waals surface area contributed by atoms with Gasteiger partial charge in [0, 0.05) is 12.1 Å². The van der Waals surface area contributed by atoms with Crippen molar-refractivity contribution in [3.05, 3.63) is 35.4 Å². The van der Waals surface area contributed by atoms with Crippen LogP contribution in [0.15, 0.2) is 24.3 Å². The third-order valence-corrected chi connectivity index (χ3v) is 2.58. The first-order valence-electron chi connectivity index (χ1n) is 5.86. The van der Waals surface area contributed by atoms with Gasteiger partial charge in [0.1, 0.15) is 0 Å². The van der Waals surface area contributed by atoms with E-state index in [-0.39, 0.29) is 6.54 Å². The highest BCUT2D eigenvalue weighted by Crippen LogP contribution is 2.11. The second-order valence-electron chi connectivity index (χ2n) is 4.13. The zero-order valence-electron chi connectivity index (χ0n) is 10.4. The molecule has 1 aromatic carbocycles. The number of carboxylic acids is 1. The molecule has 1 aromatic rings. The number of carbonyl (C=O) groups excluding carboxylic acids is 1. The van der Waals surface area contributed by atoms with E-state index in [2.05, 4.69) is 0 Å². The highest BCUT2D eigenvalue weighted by Gasteiger charge is 2.13. The zero-order chi connectivity index (χ0) is 13.5. The molecule has 0 atom stereocenters. The van der Waals surface area contributed by atoms with Crippen LogP contribution in [-0.4, -0.2) is 35.0 Å². The summed E-state index contributed by atoms with van der Waals surface area (Å²) in [6.07, 6.45) is 0.853. The van der Waals surface area contributed by atoms with Crippen LogP contribution in [-0.2, 0) is 11.3 Å². The lowest BCUT2D eigenvalue weighted by molar-refractivity contribution is -0.138. The maximum atomic E-state index is 11.3. The fraction of sp³-hybridized carbons (Fsp3) is 0.385. The number of benzene rings is 1. The van der Waals surface area contributed by atoms with Gasteiger partial charge in [0.25, 0.3) is 0 Å². The fourth-order valence-electron chi connectivity index (χ4n) is 1.86. The van der Waals surface area contributed by atoms with Crippen molar-refractivity contribution in [1.29, 1.82) is 0 Å². The molecule has 0 aromatic heterocycles. The Hall–Kier alpha value is -1.88. The lowest BCUT2D eigenvalue weighted by atomic mass is 10.1. The highest BCUT2D eigenvalue weighted by atomic mass is 16.4. The van der Waals surface area contributed by atoms with E-state index in [1.807, 2.05) is 13.0 Å². The number of amides is 1. The molecule has 18 heavy (non-hydrogen) atoms. The highest BCUT2D eigenvalue weighted by molar-refractivity contribution is 5.94. The maximum absolute atomic E-state index is 11.3. The summed E-state index contributed by atoms with van der Waals surface area (Å²) in [5, 5.41) is 8.83. The van der Waals surface area contributed by atoms with Gasteiger partial charge in [-0.2, -0.15) is 0 Å². The Kier molecular flexibility index (Phi) is 5.32. The van der Waals surface area contributed by atoms with Crippen molar-refractivity contribution < 1.29 is 14.7 Å². The number of primary amides is 1. The molecule has 0 unspecified atom stereocenters. The van der Waals surface area contributed by atoms with E-state index in [1.165, 1.54) is 0 Å². The average Bonchev–Trinajstić information content (AvgIpc) is 2.28. The summed E-state index contributed by atoms with van der Waals surface area (Å²) < 4.78 is 0. The Labute approximate surface area is 106 Å². The minimum absolute atomic E-state index is 0.0407. The number of aliphatic carboxylic acids is 1. The molecule has 0 saturated heterocycles. The van der Waals surface area contributed by atoms with Crippen LogP contribution in [0.5, 0.6) is 0 Å². The van der Waals surface area contributed by atoms with Gasteiger partial charge in [0.2, 0.25) is 5.91 Å². The van der Waals surface area contributed by atoms with Gasteiger partial charge in [-0.15, -0.1) is 0 Å². The quantitative estimate of drug-likeness (QED) is 0.758. The standard InChI is InChI=1S/C13H18N2O3/c1-2-7-15(9-12(16)17)8-10-5-3-4-6-11(10)13(14)18/h3-6H,2,7-9H2,1H3,(H2,14,18)(H,16,17). The molecule has 0 fully saturated rings. The van der Waals surface area contributed by atoms with Crippen molar-refractivity contribution in [1.82, 2.24) is 4.90 Å². The molecule has 1 amide bonds. The number of carbonyl (C=O) groups is 2. The Morgan fingerprint density at radius 3 is 2.56 bits per heavy atom. The second-order valence-corrected chi connectivity index (χ2v) is 4.13. The molecule has 5 nitrogen and oxygen atoms in total. The molecule has 0 aliphatic heterocycles. The molecule has 5 heteroatoms. The number of nitrogens with zero attached hydrogens (tertiary/aromatic N) is 1. The molecule has 0 saturated carbocycles. The van der Waals surface area contributed by atoms with Crippen LogP contribution in [0.3, 0.4) is 0 Å². The topological polar surface area (TPSA) is 83.6 Å². The summed E-state index contributed by atoms with van der Waals surface area (Å²) in [5.41, 5.74) is 6.50. The van der Waals surface area contributed by atoms with Crippen LogP contribution in [0, 0.1) is 0 Å². The van der Waals surface area contributed by atoms with E-state index in [4.69, 9.17) is 10.8 Å². The van der Waals surface area contributed by atoms with Crippen molar-refractivity contribution in [2.45, 2.75) is 19.9 Å². The first-order valence-corrected chi connectivity index (χ1v) is 5.86. The van der Waals surface area contributed by atoms with Gasteiger partial charge in [-0.05, 0) is 24.6 Å². The van der Waals surface area contributed by atoms with E-state index >= 15 is 0 Å². The molecule has 3 N–H and O–H groups in total. The summed E-state index contributed by atoms with van der Waals surface area (Å²) in [4.78, 5) is 23.8. The smallest absolute Gasteiger partial charge is 0.317 e. The van der Waals surface area contributed by atoms with Gasteiger partial charge in [-0.25, -0.2) is 0 Å². The lowest BCUT2D eigenvalue weighted by Gasteiger charge is -2.20. The lowest BCUT2D eigenvalue weighted by Crippen LogP contribution is -2.31. The Balaban J connectivity index is 2.85. The van der Waals surface area contributed by atoms with Gasteiger partial charge in [0.15, 0.2) is 0 Å². The summed E-state index contributed by atoms with van der Waals surface area (Å²) in [5.74, 6) is -1.36. The first kappa shape index (κ1) is 14.2. The second kappa shape index (κ2) is 6.76. The summed E-state index contributed by atoms with van der Waals surface area (Å²) in [7, 11) is 0. The number of rotatable bonds is 7. The van der Waals surface area contributed by atoms with Gasteiger partial charge in [-0.1, -0.05) is 25.1 Å². The van der Waals surface area contributed by atoms with Gasteiger partial charge in [-0.3, -0.25) is 14.5 Å². The first-order chi connectivity index (χ1) is 8.54. The van der Waals surface area contributed by atoms with Crippen molar-refractivity contribution in [3.63, 3.8) is 0 Å². The van der Waals surface area contributed by atoms with Crippen LogP contribution in [0.1, 0.15) is 29.3 Å². The van der Waals surface area contributed by atoms with Gasteiger partial charge in [0.05, 0.1) is 6.54 Å². The molecule has 0 heterocycles. The third-order valence-electron chi connectivity index (χ3n) is 2.58. The van der Waals surface area contributed by atoms with Crippen molar-refractivity contribution in [2.24, 2.45) is 5.73 Å². The zero-order valence-corrected chi connectivity index (χ0v) is 10.4. The Bertz CT molecular complexity index is 432. The summed E-state index contributed by atoms with van der Waals surface area (Å²) in [6.45, 7) is 3.02. The number of hydrogen-bond acceptors (Lipinski definition) is 3. The maximum Gasteiger partial charge on any atom is 0.317 e. The average molecular weight is 250 g/mol. The molecular formula is C13H18N2O3. The Morgan fingerprint density at radius 1 is 1.33 bits per heavy atom. The largest absolute Gasteiger partial charge is 0.480 e. The molecule has 0 aliphatic rings. The van der Waals surface area contributed by atoms with Crippen LogP contribution < -0.4 is 5.73 Å². The molecule has 98 valence electrons. The molecular weight excluding hydrogens is 232 g/mol. The van der Waals surface area contributed by atoms with E-state index in [1.54, 1.807) is 23.1 Å². The normalized spacial score (nSPS) is 10.6. The molecule has 0 bridgehead atoms. The van der Waals surface area contributed by atoms with Crippen LogP contribution >= 0.6 is 0 Å². The number of nitrogens with two attached hydrogens (primary N) is 1. The van der Waals surface area contributed by atoms with E-state index in [0.717, 1.165) is 12.0 Å². The summed E-state index contributed by atoms with van der Waals surface area (Å²) in [6, 6.07) is 7.00. The van der Waals surface area contributed by atoms with Gasteiger partial charge >= 0.3 is 5.97 Å². The van der Waals surface area contributed by atoms with Gasteiger partial charge < -0.3 is 10.8 Å². The fourth-order valence-corrected chi connectivity index (χ4v) is 1.86. The SMILES string of the molecule is CCCN(CC(=O)O)Cc1ccccc1C(N)=O. The van der Waals surface area contributed by atoms with E-state index in [9.17, 15) is 9.59 Å². The predicted molar refractivity (Wildman–Crippen MR) is 68.2 cm³/mol. The van der Waals surface area contributed by atoms with E-state index < -0.39 is 11.9 Å². The predicted octanol–water partition coefficient (Wildman–Crippen LogP) is 1.08. The van der Waals surface area contributed by atoms with Crippen LogP contribution in [0.25, 0.3) is 0 Å². The molecule has 0 spiro atoms. The minimum atomic E-state index is -0.875. The Morgan fingerprint density at radius 2 is 2.00 bits per heavy atom. The van der Waals surface area contributed by atoms with Crippen LogP contribution in [0.4, 0.5) is 0 Å². The number of hydrogen-bond donors (Lipinski definition) is 2. The minimum Gasteiger partial charge on any atom is -0.480 e. The van der Waals surface area contributed by atoms with Crippen molar-refractivity contribution in [2.75, 3.05) is 13.1 Å². The van der Waals surface area contributed by atoms with Crippen molar-refractivity contribution in [3.8, 4) is 0 Å². The monoisotopic (exact) mass is 250 g/mol. The van der Waals surface area contributed by atoms with E-state index in [0.29, 0.717) is 18.7 Å². The van der Waals surface area contributed by atoms with Crippen LogP contribution in [0.2, 0.25) is 0 Å². The summed E-state index contributed by atoms with van der Waals surface area (Å²) >= 11 is 0. The molecule has 0 radical (unpaired) electrons. The van der Waals surface area contributed by atoms with Crippen molar-refractivity contribution >= 4 is 11.9 Å². The third kappa shape index (κ3) is 4.18.